The van der Waals surface area contributed by atoms with Crippen LogP contribution >= 0.6 is 11.3 Å². The summed E-state index contributed by atoms with van der Waals surface area (Å²) in [4.78, 5) is 8.43. The Bertz CT molecular complexity index is 475. The minimum absolute atomic E-state index is 0.158. The van der Waals surface area contributed by atoms with E-state index < -0.39 is 0 Å². The predicted molar refractivity (Wildman–Crippen MR) is 71.3 cm³/mol. The van der Waals surface area contributed by atoms with Crippen molar-refractivity contribution in [1.82, 2.24) is 15.4 Å². The summed E-state index contributed by atoms with van der Waals surface area (Å²) in [5, 5.41) is 1.96. The van der Waals surface area contributed by atoms with Crippen LogP contribution in [0.2, 0.25) is 0 Å². The van der Waals surface area contributed by atoms with Crippen LogP contribution in [0, 0.1) is 0 Å². The van der Waals surface area contributed by atoms with Gasteiger partial charge < -0.3 is 4.74 Å². The van der Waals surface area contributed by atoms with Gasteiger partial charge in [0.25, 0.3) is 0 Å². The molecule has 6 heteroatoms. The van der Waals surface area contributed by atoms with E-state index in [4.69, 9.17) is 10.6 Å². The molecule has 3 N–H and O–H groups in total. The summed E-state index contributed by atoms with van der Waals surface area (Å²) in [7, 11) is 0. The van der Waals surface area contributed by atoms with Crippen LogP contribution in [0.1, 0.15) is 30.6 Å². The zero-order valence-electron chi connectivity index (χ0n) is 10.2. The Kier molecular flexibility index (Phi) is 4.63. The summed E-state index contributed by atoms with van der Waals surface area (Å²) < 4.78 is 5.56. The van der Waals surface area contributed by atoms with Crippen molar-refractivity contribution in [3.63, 3.8) is 0 Å². The van der Waals surface area contributed by atoms with Crippen molar-refractivity contribution >= 4 is 11.3 Å². The minimum Gasteiger partial charge on any atom is -0.492 e. The average Bonchev–Trinajstić information content (AvgIpc) is 2.92. The second-order valence-electron chi connectivity index (χ2n) is 3.82. The first kappa shape index (κ1) is 12.9. The third-order valence-electron chi connectivity index (χ3n) is 2.45. The smallest absolute Gasteiger partial charge is 0.137 e. The first-order valence-electron chi connectivity index (χ1n) is 5.77. The molecule has 96 valence electrons. The molecular formula is C12H16N4OS. The molecular weight excluding hydrogens is 248 g/mol. The van der Waals surface area contributed by atoms with Crippen molar-refractivity contribution in [2.24, 2.45) is 5.84 Å². The Labute approximate surface area is 110 Å². The van der Waals surface area contributed by atoms with E-state index in [0.717, 1.165) is 23.4 Å². The van der Waals surface area contributed by atoms with Gasteiger partial charge in [0.1, 0.15) is 5.75 Å². The minimum atomic E-state index is -0.158. The lowest BCUT2D eigenvalue weighted by Gasteiger charge is -2.14. The third-order valence-corrected chi connectivity index (χ3v) is 3.06. The highest BCUT2D eigenvalue weighted by Gasteiger charge is 2.15. The second-order valence-corrected chi connectivity index (χ2v) is 4.53. The molecule has 0 aliphatic heterocycles. The van der Waals surface area contributed by atoms with Crippen LogP contribution in [0.15, 0.2) is 29.4 Å². The average molecular weight is 264 g/mol. The van der Waals surface area contributed by atoms with E-state index in [-0.39, 0.29) is 6.04 Å². The third kappa shape index (κ3) is 3.04. The van der Waals surface area contributed by atoms with Crippen molar-refractivity contribution in [3.8, 4) is 5.75 Å². The quantitative estimate of drug-likeness (QED) is 0.615. The van der Waals surface area contributed by atoms with Gasteiger partial charge in [-0.25, -0.2) is 10.4 Å². The molecule has 5 nitrogen and oxygen atoms in total. The maximum absolute atomic E-state index is 5.59. The molecule has 0 amide bonds. The van der Waals surface area contributed by atoms with Crippen LogP contribution in [0.3, 0.4) is 0 Å². The Hall–Kier alpha value is -1.50. The number of nitrogens with zero attached hydrogens (tertiary/aromatic N) is 2. The number of hydrazine groups is 1. The summed E-state index contributed by atoms with van der Waals surface area (Å²) in [5.74, 6) is 6.35. The van der Waals surface area contributed by atoms with Crippen molar-refractivity contribution in [1.29, 1.82) is 0 Å². The fourth-order valence-corrected chi connectivity index (χ4v) is 2.19. The fourth-order valence-electron chi connectivity index (χ4n) is 1.61. The molecule has 0 radical (unpaired) electrons. The summed E-state index contributed by atoms with van der Waals surface area (Å²) >= 11 is 1.54. The van der Waals surface area contributed by atoms with E-state index in [0.29, 0.717) is 6.61 Å². The number of hydrogen-bond acceptors (Lipinski definition) is 6. The lowest BCUT2D eigenvalue weighted by molar-refractivity contribution is 0.315. The lowest BCUT2D eigenvalue weighted by Crippen LogP contribution is -2.29. The van der Waals surface area contributed by atoms with Gasteiger partial charge in [0.2, 0.25) is 0 Å². The fraction of sp³-hybridized carbons (Fsp3) is 0.333. The Balaban J connectivity index is 2.20. The molecule has 2 aromatic heterocycles. The molecule has 2 rings (SSSR count). The molecule has 0 spiro atoms. The monoisotopic (exact) mass is 264 g/mol. The van der Waals surface area contributed by atoms with Gasteiger partial charge in [0, 0.05) is 11.6 Å². The number of rotatable bonds is 6. The molecule has 0 fully saturated rings. The molecule has 2 aromatic rings. The first-order valence-corrected chi connectivity index (χ1v) is 6.71. The highest BCUT2D eigenvalue weighted by atomic mass is 32.1. The normalized spacial score (nSPS) is 12.3. The molecule has 1 atom stereocenters. The number of ether oxygens (including phenoxy) is 1. The van der Waals surface area contributed by atoms with Gasteiger partial charge in [-0.3, -0.25) is 10.8 Å². The van der Waals surface area contributed by atoms with Gasteiger partial charge in [0.05, 0.1) is 30.1 Å². The maximum Gasteiger partial charge on any atom is 0.137 e. The van der Waals surface area contributed by atoms with E-state index >= 15 is 0 Å². The highest BCUT2D eigenvalue weighted by Crippen LogP contribution is 2.23. The van der Waals surface area contributed by atoms with Gasteiger partial charge in [-0.1, -0.05) is 6.92 Å². The SMILES string of the molecule is CCCOc1cncc(C(NN)c2cscn2)c1. The number of nitrogens with two attached hydrogens (primary N) is 1. The van der Waals surface area contributed by atoms with Crippen LogP contribution in [0.4, 0.5) is 0 Å². The molecule has 1 unspecified atom stereocenters. The Morgan fingerprint density at radius 2 is 2.39 bits per heavy atom. The molecule has 2 heterocycles. The summed E-state index contributed by atoms with van der Waals surface area (Å²) in [6, 6.07) is 1.78. The molecule has 0 saturated heterocycles. The van der Waals surface area contributed by atoms with Crippen molar-refractivity contribution in [2.45, 2.75) is 19.4 Å². The molecule has 0 bridgehead atoms. The summed E-state index contributed by atoms with van der Waals surface area (Å²) in [6.45, 7) is 2.75. The standard InChI is InChI=1S/C12H16N4OS/c1-2-3-17-10-4-9(5-14-6-10)12(16-13)11-7-18-8-15-11/h4-8,12,16H,2-3,13H2,1H3. The Morgan fingerprint density at radius 3 is 3.06 bits per heavy atom. The van der Waals surface area contributed by atoms with E-state index in [2.05, 4.69) is 22.3 Å². The van der Waals surface area contributed by atoms with E-state index in [1.807, 2.05) is 11.4 Å². The summed E-state index contributed by atoms with van der Waals surface area (Å²) in [5.41, 5.74) is 6.36. The maximum atomic E-state index is 5.59. The highest BCUT2D eigenvalue weighted by molar-refractivity contribution is 7.07. The molecule has 0 aliphatic rings. The van der Waals surface area contributed by atoms with Gasteiger partial charge in [-0.05, 0) is 18.1 Å². The van der Waals surface area contributed by atoms with Gasteiger partial charge in [-0.15, -0.1) is 11.3 Å². The van der Waals surface area contributed by atoms with E-state index in [9.17, 15) is 0 Å². The van der Waals surface area contributed by atoms with Crippen molar-refractivity contribution in [2.75, 3.05) is 6.61 Å². The Morgan fingerprint density at radius 1 is 1.50 bits per heavy atom. The molecule has 0 saturated carbocycles. The van der Waals surface area contributed by atoms with Gasteiger partial charge in [-0.2, -0.15) is 0 Å². The summed E-state index contributed by atoms with van der Waals surface area (Å²) in [6.07, 6.45) is 4.44. The number of hydrogen-bond donors (Lipinski definition) is 2. The van der Waals surface area contributed by atoms with Crippen LogP contribution in [-0.4, -0.2) is 16.6 Å². The van der Waals surface area contributed by atoms with Crippen LogP contribution in [-0.2, 0) is 0 Å². The predicted octanol–water partition coefficient (Wildman–Crippen LogP) is 1.88. The number of thiazole rings is 1. The number of pyridine rings is 1. The van der Waals surface area contributed by atoms with Gasteiger partial charge in [0.15, 0.2) is 0 Å². The van der Waals surface area contributed by atoms with Crippen molar-refractivity contribution < 1.29 is 4.74 Å². The molecule has 0 aliphatic carbocycles. The largest absolute Gasteiger partial charge is 0.492 e. The van der Waals surface area contributed by atoms with E-state index in [1.54, 1.807) is 17.9 Å². The number of aromatic nitrogens is 2. The van der Waals surface area contributed by atoms with Gasteiger partial charge >= 0.3 is 0 Å². The molecule has 18 heavy (non-hydrogen) atoms. The first-order chi connectivity index (χ1) is 8.85. The zero-order chi connectivity index (χ0) is 12.8. The number of nitrogens with one attached hydrogen (secondary N) is 1. The van der Waals surface area contributed by atoms with Crippen LogP contribution in [0.5, 0.6) is 5.75 Å². The lowest BCUT2D eigenvalue weighted by atomic mass is 10.1. The topological polar surface area (TPSA) is 73.1 Å². The van der Waals surface area contributed by atoms with Crippen LogP contribution < -0.4 is 16.0 Å². The zero-order valence-corrected chi connectivity index (χ0v) is 11.0. The second kappa shape index (κ2) is 6.44. The van der Waals surface area contributed by atoms with E-state index in [1.165, 1.54) is 11.3 Å². The molecule has 0 aromatic carbocycles. The van der Waals surface area contributed by atoms with Crippen LogP contribution in [0.25, 0.3) is 0 Å². The van der Waals surface area contributed by atoms with Crippen molar-refractivity contribution in [3.05, 3.63) is 40.6 Å².